The van der Waals surface area contributed by atoms with Gasteiger partial charge < -0.3 is 26.1 Å². The minimum atomic E-state index is -1.29. The van der Waals surface area contributed by atoms with Crippen molar-refractivity contribution in [1.82, 2.24) is 15.2 Å². The Labute approximate surface area is 193 Å². The lowest BCUT2D eigenvalue weighted by Gasteiger charge is -2.49. The number of amides is 2. The molecule has 1 fully saturated rings. The fourth-order valence-electron chi connectivity index (χ4n) is 2.71. The van der Waals surface area contributed by atoms with Crippen LogP contribution in [0.2, 0.25) is 0 Å². The lowest BCUT2D eigenvalue weighted by molar-refractivity contribution is -0.150. The number of nitrogens with one attached hydrogen (secondary N) is 1. The van der Waals surface area contributed by atoms with E-state index in [1.807, 2.05) is 0 Å². The number of nitrogens with two attached hydrogens (primary N) is 1. The van der Waals surface area contributed by atoms with Gasteiger partial charge in [-0.25, -0.2) is 14.6 Å². The molecule has 0 aliphatic carbocycles. The van der Waals surface area contributed by atoms with E-state index in [0.29, 0.717) is 10.7 Å². The summed E-state index contributed by atoms with van der Waals surface area (Å²) in [6.45, 7) is -0.782. The number of carboxylic acid groups (broad SMARTS) is 2. The highest BCUT2D eigenvalue weighted by Gasteiger charge is 2.54. The number of hydrogen-bond acceptors (Lipinski definition) is 11. The van der Waals surface area contributed by atoms with E-state index in [9.17, 15) is 24.3 Å². The third-order valence-electron chi connectivity index (χ3n) is 3.99. The van der Waals surface area contributed by atoms with Crippen molar-refractivity contribution >= 4 is 81.9 Å². The second-order valence-electron chi connectivity index (χ2n) is 5.82. The first kappa shape index (κ1) is 24.8. The molecular weight excluding hydrogens is 494 g/mol. The van der Waals surface area contributed by atoms with Crippen LogP contribution in [0, 0.1) is 0 Å². The number of carbonyl (C=O) groups excluding carboxylic acids is 2. The average molecular weight is 510 g/mol. The van der Waals surface area contributed by atoms with Gasteiger partial charge in [0.2, 0.25) is 6.61 Å². The van der Waals surface area contributed by atoms with Crippen molar-refractivity contribution in [3.05, 3.63) is 21.7 Å². The van der Waals surface area contributed by atoms with E-state index in [1.165, 1.54) is 28.9 Å². The molecule has 0 aromatic carbocycles. The van der Waals surface area contributed by atoms with E-state index in [-0.39, 0.29) is 34.6 Å². The topological polar surface area (TPSA) is 185 Å². The van der Waals surface area contributed by atoms with Gasteiger partial charge >= 0.3 is 11.9 Å². The number of nitrogens with zero attached hydrogens (tertiary/aromatic N) is 3. The van der Waals surface area contributed by atoms with Crippen molar-refractivity contribution < 1.29 is 34.2 Å². The fourth-order valence-corrected chi connectivity index (χ4v) is 5.51. The number of carboxylic acids is 2. The Balaban J connectivity index is 0.00000341. The molecule has 31 heavy (non-hydrogen) atoms. The average Bonchev–Trinajstić information content (AvgIpc) is 3.13. The van der Waals surface area contributed by atoms with Crippen LogP contribution in [-0.4, -0.2) is 79.6 Å². The molecule has 5 N–H and O–H groups in total. The van der Waals surface area contributed by atoms with Crippen LogP contribution in [0.25, 0.3) is 0 Å². The molecule has 0 saturated carbocycles. The van der Waals surface area contributed by atoms with Gasteiger partial charge in [-0.05, 0) is 6.26 Å². The molecular formula is C15H16ClN5O7S3. The lowest BCUT2D eigenvalue weighted by atomic mass is 10.0. The van der Waals surface area contributed by atoms with Crippen molar-refractivity contribution in [1.29, 1.82) is 0 Å². The molecule has 1 saturated heterocycles. The van der Waals surface area contributed by atoms with Gasteiger partial charge in [-0.2, -0.15) is 0 Å². The van der Waals surface area contributed by atoms with Crippen LogP contribution >= 0.6 is 47.3 Å². The number of aliphatic carboxylic acids is 2. The molecule has 168 valence electrons. The number of hydrogen-bond donors (Lipinski definition) is 4. The van der Waals surface area contributed by atoms with E-state index in [2.05, 4.69) is 20.3 Å². The summed E-state index contributed by atoms with van der Waals surface area (Å²) in [7, 11) is 0. The molecule has 0 radical (unpaired) electrons. The van der Waals surface area contributed by atoms with E-state index < -0.39 is 41.8 Å². The first-order valence-corrected chi connectivity index (χ1v) is 11.3. The Bertz CT molecular complexity index is 982. The minimum Gasteiger partial charge on any atom is -0.479 e. The van der Waals surface area contributed by atoms with Crippen molar-refractivity contribution in [3.63, 3.8) is 0 Å². The van der Waals surface area contributed by atoms with Gasteiger partial charge in [0.1, 0.15) is 22.8 Å². The Morgan fingerprint density at radius 3 is 2.71 bits per heavy atom. The van der Waals surface area contributed by atoms with Crippen molar-refractivity contribution in [3.8, 4) is 0 Å². The van der Waals surface area contributed by atoms with Gasteiger partial charge in [-0.15, -0.1) is 47.3 Å². The molecule has 3 rings (SSSR count). The van der Waals surface area contributed by atoms with Gasteiger partial charge in [-0.1, -0.05) is 5.16 Å². The van der Waals surface area contributed by atoms with Gasteiger partial charge in [0, 0.05) is 16.0 Å². The highest BCUT2D eigenvalue weighted by Crippen LogP contribution is 2.42. The predicted molar refractivity (Wildman–Crippen MR) is 117 cm³/mol. The van der Waals surface area contributed by atoms with Gasteiger partial charge in [0.15, 0.2) is 10.8 Å². The van der Waals surface area contributed by atoms with Crippen molar-refractivity contribution in [2.24, 2.45) is 5.16 Å². The number of oxime groups is 1. The maximum absolute atomic E-state index is 12.7. The molecule has 2 atom stereocenters. The number of halogens is 1. The molecule has 2 aliphatic rings. The predicted octanol–water partition coefficient (Wildman–Crippen LogP) is 0.0115. The molecule has 16 heteroatoms. The molecule has 1 unspecified atom stereocenters. The van der Waals surface area contributed by atoms with Crippen LogP contribution in [0.15, 0.2) is 21.1 Å². The molecule has 1 aromatic heterocycles. The molecule has 3 heterocycles. The number of aromatic nitrogens is 1. The van der Waals surface area contributed by atoms with E-state index >= 15 is 0 Å². The number of fused-ring (bicyclic) bond motifs is 1. The first-order chi connectivity index (χ1) is 14.2. The Kier molecular flexibility index (Phi) is 8.16. The maximum Gasteiger partial charge on any atom is 0.353 e. The summed E-state index contributed by atoms with van der Waals surface area (Å²) in [5.41, 5.74) is 5.18. The van der Waals surface area contributed by atoms with Crippen LogP contribution in [0.1, 0.15) is 5.69 Å². The number of nitrogen functional groups attached to an aromatic ring is 1. The summed E-state index contributed by atoms with van der Waals surface area (Å²) in [6.07, 6.45) is 1.72. The van der Waals surface area contributed by atoms with Crippen LogP contribution in [0.3, 0.4) is 0 Å². The summed E-state index contributed by atoms with van der Waals surface area (Å²) < 4.78 is 0. The van der Waals surface area contributed by atoms with E-state index in [1.54, 1.807) is 6.26 Å². The second kappa shape index (κ2) is 10.2. The smallest absolute Gasteiger partial charge is 0.353 e. The Morgan fingerprint density at radius 1 is 1.45 bits per heavy atom. The lowest BCUT2D eigenvalue weighted by Crippen LogP contribution is -2.71. The summed E-state index contributed by atoms with van der Waals surface area (Å²) in [5, 5.41) is 25.2. The third kappa shape index (κ3) is 5.06. The molecule has 0 bridgehead atoms. The van der Waals surface area contributed by atoms with Crippen LogP contribution in [-0.2, 0) is 24.0 Å². The number of rotatable bonds is 8. The monoisotopic (exact) mass is 509 g/mol. The summed E-state index contributed by atoms with van der Waals surface area (Å²) in [6, 6.07) is -0.985. The molecule has 0 spiro atoms. The van der Waals surface area contributed by atoms with Gasteiger partial charge in [0.05, 0.1) is 0 Å². The summed E-state index contributed by atoms with van der Waals surface area (Å²) >= 11 is 3.60. The summed E-state index contributed by atoms with van der Waals surface area (Å²) in [4.78, 5) is 57.8. The largest absolute Gasteiger partial charge is 0.479 e. The minimum absolute atomic E-state index is 0. The van der Waals surface area contributed by atoms with E-state index in [0.717, 1.165) is 16.2 Å². The SMILES string of the molecule is CSC1=C(C(=O)O)N2C(=O)C(NC(=O)C(=NOCC(=O)O)c3csc(N)n3)[C@@H]2SC1.Cl. The van der Waals surface area contributed by atoms with Gasteiger partial charge in [-0.3, -0.25) is 14.5 Å². The van der Waals surface area contributed by atoms with E-state index in [4.69, 9.17) is 10.8 Å². The fraction of sp³-hybridized carbons (Fsp3) is 0.333. The third-order valence-corrected chi connectivity index (χ3v) is 6.96. The Morgan fingerprint density at radius 2 is 2.16 bits per heavy atom. The van der Waals surface area contributed by atoms with Gasteiger partial charge in [0.25, 0.3) is 11.8 Å². The zero-order valence-corrected chi connectivity index (χ0v) is 18.9. The highest BCUT2D eigenvalue weighted by molar-refractivity contribution is 8.05. The number of thioether (sulfide) groups is 2. The van der Waals surface area contributed by atoms with Crippen molar-refractivity contribution in [2.45, 2.75) is 11.4 Å². The quantitative estimate of drug-likeness (QED) is 0.210. The maximum atomic E-state index is 12.7. The number of thiazole rings is 1. The van der Waals surface area contributed by atoms with Crippen LogP contribution in [0.5, 0.6) is 0 Å². The highest BCUT2D eigenvalue weighted by atomic mass is 35.5. The molecule has 2 aliphatic heterocycles. The first-order valence-electron chi connectivity index (χ1n) is 8.13. The summed E-state index contributed by atoms with van der Waals surface area (Å²) in [5.74, 6) is -3.54. The normalized spacial score (nSPS) is 20.4. The Hall–Kier alpha value is -2.49. The zero-order chi connectivity index (χ0) is 22.0. The molecule has 2 amide bonds. The molecule has 1 aromatic rings. The molecule has 12 nitrogen and oxygen atoms in total. The van der Waals surface area contributed by atoms with Crippen LogP contribution < -0.4 is 11.1 Å². The zero-order valence-electron chi connectivity index (χ0n) is 15.6. The standard InChI is InChI=1S/C15H15N5O7S3.ClH/c1-28-6-4-29-13-9(12(24)20(13)10(6)14(25)26)18-11(23)8(19-27-2-7(21)22)5-3-30-15(16)17-5;/h3,9,13H,2,4H2,1H3,(H2,16,17)(H,18,23)(H,21,22)(H,25,26);1H/t9?,13-;/m0./s1. The number of carbonyl (C=O) groups is 4. The van der Waals surface area contributed by atoms with Crippen LogP contribution in [0.4, 0.5) is 5.13 Å². The number of β-lactam (4-membered cyclic amide) rings is 1. The number of anilines is 1. The second-order valence-corrected chi connectivity index (χ2v) is 8.72. The van der Waals surface area contributed by atoms with Crippen molar-refractivity contribution in [2.75, 3.05) is 24.3 Å².